The molecular weight excluding hydrogens is 218 g/mol. The third-order valence-electron chi connectivity index (χ3n) is 3.11. The van der Waals surface area contributed by atoms with E-state index in [-0.39, 0.29) is 12.5 Å². The van der Waals surface area contributed by atoms with Gasteiger partial charge in [-0.2, -0.15) is 0 Å². The molecule has 0 spiro atoms. The van der Waals surface area contributed by atoms with E-state index in [2.05, 4.69) is 10.2 Å². The van der Waals surface area contributed by atoms with Crippen LogP contribution in [0.3, 0.4) is 0 Å². The zero-order chi connectivity index (χ0) is 12.5. The number of hydrogen-bond donors (Lipinski definition) is 2. The average molecular weight is 243 g/mol. The number of nitrogens with zero attached hydrogens (tertiary/aromatic N) is 1. The number of nitrogens with two attached hydrogens (primary N) is 1. The molecule has 1 unspecified atom stereocenters. The second-order valence-electron chi connectivity index (χ2n) is 4.61. The summed E-state index contributed by atoms with van der Waals surface area (Å²) in [4.78, 5) is 13.9. The molecule has 5 heteroatoms. The normalized spacial score (nSPS) is 19.6. The number of carbonyl (C=O) groups excluding carboxylic acids is 1. The van der Waals surface area contributed by atoms with Gasteiger partial charge in [0, 0.05) is 20.2 Å². The Labute approximate surface area is 104 Å². The molecule has 1 fully saturated rings. The number of rotatable bonds is 6. The van der Waals surface area contributed by atoms with E-state index in [1.165, 1.54) is 25.7 Å². The molecule has 0 saturated carbocycles. The van der Waals surface area contributed by atoms with Gasteiger partial charge in [-0.1, -0.05) is 12.8 Å². The van der Waals surface area contributed by atoms with Crippen LogP contribution in [0.5, 0.6) is 0 Å². The van der Waals surface area contributed by atoms with Crippen molar-refractivity contribution >= 4 is 5.91 Å². The van der Waals surface area contributed by atoms with Gasteiger partial charge in [-0.05, 0) is 25.9 Å². The quantitative estimate of drug-likeness (QED) is 0.686. The van der Waals surface area contributed by atoms with Crippen LogP contribution in [-0.2, 0) is 9.53 Å². The molecule has 1 aliphatic heterocycles. The van der Waals surface area contributed by atoms with E-state index >= 15 is 0 Å². The summed E-state index contributed by atoms with van der Waals surface area (Å²) in [6, 6.07) is -0.552. The molecule has 17 heavy (non-hydrogen) atoms. The van der Waals surface area contributed by atoms with Crippen LogP contribution in [0.2, 0.25) is 0 Å². The molecule has 0 aromatic rings. The van der Waals surface area contributed by atoms with Crippen LogP contribution in [0.4, 0.5) is 0 Å². The van der Waals surface area contributed by atoms with Crippen molar-refractivity contribution in [3.63, 3.8) is 0 Å². The van der Waals surface area contributed by atoms with E-state index in [0.717, 1.165) is 19.6 Å². The lowest BCUT2D eigenvalue weighted by atomic mass is 10.2. The van der Waals surface area contributed by atoms with Crippen molar-refractivity contribution in [1.29, 1.82) is 0 Å². The van der Waals surface area contributed by atoms with E-state index in [1.54, 1.807) is 7.11 Å². The number of nitrogens with one attached hydrogen (secondary N) is 1. The Morgan fingerprint density at radius 1 is 1.35 bits per heavy atom. The minimum Gasteiger partial charge on any atom is -0.383 e. The highest BCUT2D eigenvalue weighted by atomic mass is 16.5. The first-order chi connectivity index (χ1) is 8.24. The zero-order valence-electron chi connectivity index (χ0n) is 10.8. The van der Waals surface area contributed by atoms with Crippen molar-refractivity contribution in [3.8, 4) is 0 Å². The van der Waals surface area contributed by atoms with Crippen LogP contribution < -0.4 is 11.1 Å². The van der Waals surface area contributed by atoms with Crippen LogP contribution in [-0.4, -0.2) is 56.7 Å². The van der Waals surface area contributed by atoms with E-state index in [9.17, 15) is 4.79 Å². The van der Waals surface area contributed by atoms with Crippen molar-refractivity contribution in [2.45, 2.75) is 31.7 Å². The second-order valence-corrected chi connectivity index (χ2v) is 4.61. The molecular formula is C12H25N3O2. The van der Waals surface area contributed by atoms with Crippen LogP contribution >= 0.6 is 0 Å². The van der Waals surface area contributed by atoms with Crippen molar-refractivity contribution in [2.75, 3.05) is 39.9 Å². The standard InChI is InChI=1S/C12H25N3O2/c1-17-10-11(13)12(16)14-6-9-15-7-4-2-3-5-8-15/h11H,2-10,13H2,1H3,(H,14,16). The SMILES string of the molecule is COCC(N)C(=O)NCCN1CCCCCC1. The van der Waals surface area contributed by atoms with Gasteiger partial charge in [0.1, 0.15) is 6.04 Å². The molecule has 3 N–H and O–H groups in total. The van der Waals surface area contributed by atoms with Gasteiger partial charge in [0.2, 0.25) is 5.91 Å². The van der Waals surface area contributed by atoms with Crippen LogP contribution in [0, 0.1) is 0 Å². The molecule has 1 saturated heterocycles. The van der Waals surface area contributed by atoms with E-state index in [4.69, 9.17) is 10.5 Å². The molecule has 0 aliphatic carbocycles. The summed E-state index contributed by atoms with van der Waals surface area (Å²) >= 11 is 0. The van der Waals surface area contributed by atoms with Gasteiger partial charge in [-0.25, -0.2) is 0 Å². The molecule has 0 aromatic heterocycles. The third kappa shape index (κ3) is 6.00. The van der Waals surface area contributed by atoms with Crippen molar-refractivity contribution in [2.24, 2.45) is 5.73 Å². The zero-order valence-corrected chi connectivity index (χ0v) is 10.8. The van der Waals surface area contributed by atoms with E-state index in [1.807, 2.05) is 0 Å². The highest BCUT2D eigenvalue weighted by Gasteiger charge is 2.13. The van der Waals surface area contributed by atoms with Crippen molar-refractivity contribution in [1.82, 2.24) is 10.2 Å². The minimum absolute atomic E-state index is 0.123. The number of hydrogen-bond acceptors (Lipinski definition) is 4. The first-order valence-electron chi connectivity index (χ1n) is 6.48. The number of carbonyl (C=O) groups is 1. The van der Waals surface area contributed by atoms with Gasteiger partial charge < -0.3 is 20.7 Å². The van der Waals surface area contributed by atoms with Gasteiger partial charge in [0.05, 0.1) is 6.61 Å². The predicted octanol–water partition coefficient (Wildman–Crippen LogP) is -0.0477. The van der Waals surface area contributed by atoms with Crippen LogP contribution in [0.25, 0.3) is 0 Å². The van der Waals surface area contributed by atoms with Crippen LogP contribution in [0.1, 0.15) is 25.7 Å². The maximum Gasteiger partial charge on any atom is 0.239 e. The lowest BCUT2D eigenvalue weighted by molar-refractivity contribution is -0.123. The molecule has 1 heterocycles. The molecule has 100 valence electrons. The predicted molar refractivity (Wildman–Crippen MR) is 67.8 cm³/mol. The number of amides is 1. The molecule has 0 aromatic carbocycles. The molecule has 1 aliphatic rings. The Balaban J connectivity index is 2.11. The average Bonchev–Trinajstić information content (AvgIpc) is 2.58. The lowest BCUT2D eigenvalue weighted by Crippen LogP contribution is -2.45. The summed E-state index contributed by atoms with van der Waals surface area (Å²) in [5.41, 5.74) is 5.62. The third-order valence-corrected chi connectivity index (χ3v) is 3.11. The largest absolute Gasteiger partial charge is 0.383 e. The maximum absolute atomic E-state index is 11.5. The first kappa shape index (κ1) is 14.4. The summed E-state index contributed by atoms with van der Waals surface area (Å²) in [6.45, 7) is 4.18. The number of methoxy groups -OCH3 is 1. The summed E-state index contributed by atoms with van der Waals surface area (Å²) in [7, 11) is 1.55. The fraction of sp³-hybridized carbons (Fsp3) is 0.917. The van der Waals surface area contributed by atoms with Gasteiger partial charge in [0.15, 0.2) is 0 Å². The Morgan fingerprint density at radius 2 is 2.00 bits per heavy atom. The van der Waals surface area contributed by atoms with Gasteiger partial charge >= 0.3 is 0 Å². The smallest absolute Gasteiger partial charge is 0.239 e. The monoisotopic (exact) mass is 243 g/mol. The summed E-state index contributed by atoms with van der Waals surface area (Å²) in [5, 5.41) is 2.85. The van der Waals surface area contributed by atoms with Crippen molar-refractivity contribution < 1.29 is 9.53 Å². The molecule has 0 radical (unpaired) electrons. The molecule has 5 nitrogen and oxygen atoms in total. The van der Waals surface area contributed by atoms with E-state index in [0.29, 0.717) is 6.54 Å². The van der Waals surface area contributed by atoms with Gasteiger partial charge in [-0.3, -0.25) is 4.79 Å². The molecule has 1 rings (SSSR count). The Kier molecular flexibility index (Phi) is 7.16. The highest BCUT2D eigenvalue weighted by Crippen LogP contribution is 2.08. The fourth-order valence-electron chi connectivity index (χ4n) is 2.08. The Hall–Kier alpha value is -0.650. The maximum atomic E-state index is 11.5. The fourth-order valence-corrected chi connectivity index (χ4v) is 2.08. The summed E-state index contributed by atoms with van der Waals surface area (Å²) < 4.78 is 4.84. The molecule has 1 atom stereocenters. The first-order valence-corrected chi connectivity index (χ1v) is 6.48. The topological polar surface area (TPSA) is 67.6 Å². The molecule has 1 amide bonds. The number of ether oxygens (including phenoxy) is 1. The summed E-state index contributed by atoms with van der Waals surface area (Å²) in [6.07, 6.45) is 5.22. The summed E-state index contributed by atoms with van der Waals surface area (Å²) in [5.74, 6) is -0.123. The second kappa shape index (κ2) is 8.44. The van der Waals surface area contributed by atoms with Gasteiger partial charge in [0.25, 0.3) is 0 Å². The lowest BCUT2D eigenvalue weighted by Gasteiger charge is -2.20. The number of likely N-dealkylation sites (tertiary alicyclic amines) is 1. The minimum atomic E-state index is -0.552. The Bertz CT molecular complexity index is 216. The molecule has 0 bridgehead atoms. The van der Waals surface area contributed by atoms with Crippen molar-refractivity contribution in [3.05, 3.63) is 0 Å². The van der Waals surface area contributed by atoms with E-state index < -0.39 is 6.04 Å². The Morgan fingerprint density at radius 3 is 2.59 bits per heavy atom. The van der Waals surface area contributed by atoms with Crippen LogP contribution in [0.15, 0.2) is 0 Å². The van der Waals surface area contributed by atoms with Gasteiger partial charge in [-0.15, -0.1) is 0 Å². The highest BCUT2D eigenvalue weighted by molar-refractivity contribution is 5.81.